The summed E-state index contributed by atoms with van der Waals surface area (Å²) in [5, 5.41) is 7.50. The first-order valence-corrected chi connectivity index (χ1v) is 4.02. The highest BCUT2D eigenvalue weighted by molar-refractivity contribution is 5.91. The topological polar surface area (TPSA) is 33.1 Å². The minimum Gasteiger partial charge on any atom is -0.478 e. The van der Waals surface area contributed by atoms with Crippen molar-refractivity contribution in [1.82, 2.24) is 0 Å². The van der Waals surface area contributed by atoms with Crippen LogP contribution < -0.4 is 0 Å². The van der Waals surface area contributed by atoms with Crippen molar-refractivity contribution in [2.24, 2.45) is 0 Å². The van der Waals surface area contributed by atoms with E-state index in [1.807, 2.05) is 19.1 Å². The Hall–Kier alpha value is -1.31. The van der Waals surface area contributed by atoms with Gasteiger partial charge in [0, 0.05) is 5.56 Å². The van der Waals surface area contributed by atoms with Crippen LogP contribution in [0.2, 0.25) is 0 Å². The third-order valence-corrected chi connectivity index (χ3v) is 1.43. The van der Waals surface area contributed by atoms with E-state index in [2.05, 4.69) is 6.07 Å². The van der Waals surface area contributed by atoms with Crippen LogP contribution in [0, 0.1) is 11.5 Å². The van der Waals surface area contributed by atoms with E-state index >= 15 is 0 Å². The monoisotopic (exact) mass is 162 g/mol. The average Bonchev–Trinajstić information content (AvgIpc) is 2.15. The maximum Gasteiger partial charge on any atom is 0.213 e. The summed E-state index contributed by atoms with van der Waals surface area (Å²) in [4.78, 5) is 0. The van der Waals surface area contributed by atoms with E-state index < -0.39 is 0 Å². The molecule has 12 heavy (non-hydrogen) atoms. The second-order valence-electron chi connectivity index (χ2n) is 2.47. The molecular weight excluding hydrogens is 150 g/mol. The maximum atomic E-state index is 7.50. The standard InChI is InChI=1S/C10H12NO/c1-2-8-12-10(11)9-6-4-3-5-7-9/h4-7,11H,2,8H2,1H3. The normalized spacial score (nSPS) is 9.42. The Balaban J connectivity index is 2.54. The number of benzene rings is 1. The van der Waals surface area contributed by atoms with E-state index in [4.69, 9.17) is 10.1 Å². The molecule has 0 saturated heterocycles. The molecule has 0 saturated carbocycles. The van der Waals surface area contributed by atoms with Gasteiger partial charge in [0.05, 0.1) is 6.61 Å². The first kappa shape index (κ1) is 8.78. The molecule has 1 N–H and O–H groups in total. The molecule has 0 fully saturated rings. The molecule has 0 bridgehead atoms. The minimum absolute atomic E-state index is 0.242. The Morgan fingerprint density at radius 2 is 2.17 bits per heavy atom. The molecule has 1 aromatic rings. The van der Waals surface area contributed by atoms with Gasteiger partial charge in [0.15, 0.2) is 0 Å². The second kappa shape index (κ2) is 4.54. The van der Waals surface area contributed by atoms with Gasteiger partial charge in [-0.2, -0.15) is 0 Å². The zero-order valence-corrected chi connectivity index (χ0v) is 7.13. The Bertz CT molecular complexity index is 243. The smallest absolute Gasteiger partial charge is 0.213 e. The molecule has 0 unspecified atom stereocenters. The van der Waals surface area contributed by atoms with Gasteiger partial charge < -0.3 is 4.74 Å². The lowest BCUT2D eigenvalue weighted by molar-refractivity contribution is 0.303. The molecule has 1 aromatic carbocycles. The van der Waals surface area contributed by atoms with Gasteiger partial charge in [0.25, 0.3) is 0 Å². The fourth-order valence-electron chi connectivity index (χ4n) is 0.826. The van der Waals surface area contributed by atoms with Crippen LogP contribution in [-0.2, 0) is 4.74 Å². The van der Waals surface area contributed by atoms with E-state index in [1.54, 1.807) is 12.1 Å². The summed E-state index contributed by atoms with van der Waals surface area (Å²) in [6.07, 6.45) is 0.932. The van der Waals surface area contributed by atoms with Gasteiger partial charge in [-0.3, -0.25) is 5.41 Å². The highest BCUT2D eigenvalue weighted by Gasteiger charge is 1.98. The lowest BCUT2D eigenvalue weighted by Gasteiger charge is -2.04. The first-order valence-electron chi connectivity index (χ1n) is 4.02. The minimum atomic E-state index is 0.242. The van der Waals surface area contributed by atoms with Crippen LogP contribution in [0.25, 0.3) is 0 Å². The third kappa shape index (κ3) is 2.38. The van der Waals surface area contributed by atoms with E-state index in [-0.39, 0.29) is 5.90 Å². The number of hydrogen-bond donors (Lipinski definition) is 1. The largest absolute Gasteiger partial charge is 0.478 e. The van der Waals surface area contributed by atoms with Gasteiger partial charge in [-0.05, 0) is 24.6 Å². The van der Waals surface area contributed by atoms with Gasteiger partial charge in [-0.15, -0.1) is 0 Å². The number of rotatable bonds is 3. The maximum absolute atomic E-state index is 7.50. The molecule has 0 aliphatic carbocycles. The van der Waals surface area contributed by atoms with Crippen molar-refractivity contribution in [2.45, 2.75) is 13.3 Å². The van der Waals surface area contributed by atoms with Crippen molar-refractivity contribution in [3.63, 3.8) is 0 Å². The van der Waals surface area contributed by atoms with Gasteiger partial charge in [0.1, 0.15) is 0 Å². The van der Waals surface area contributed by atoms with Crippen molar-refractivity contribution >= 4 is 5.90 Å². The molecule has 0 atom stereocenters. The molecule has 0 amide bonds. The van der Waals surface area contributed by atoms with E-state index in [9.17, 15) is 0 Å². The SMILES string of the molecule is CCCOC(=N)c1cc[c]cc1. The van der Waals surface area contributed by atoms with Gasteiger partial charge in [-0.1, -0.05) is 19.1 Å². The van der Waals surface area contributed by atoms with Crippen molar-refractivity contribution in [3.8, 4) is 0 Å². The van der Waals surface area contributed by atoms with Crippen LogP contribution in [-0.4, -0.2) is 12.5 Å². The van der Waals surface area contributed by atoms with Crippen LogP contribution in [0.4, 0.5) is 0 Å². The molecule has 2 nitrogen and oxygen atoms in total. The highest BCUT2D eigenvalue weighted by atomic mass is 16.5. The lowest BCUT2D eigenvalue weighted by atomic mass is 10.2. The Labute approximate surface area is 72.7 Å². The van der Waals surface area contributed by atoms with E-state index in [0.29, 0.717) is 6.61 Å². The van der Waals surface area contributed by atoms with Crippen LogP contribution in [0.3, 0.4) is 0 Å². The van der Waals surface area contributed by atoms with Crippen molar-refractivity contribution in [1.29, 1.82) is 5.41 Å². The molecule has 1 rings (SSSR count). The second-order valence-corrected chi connectivity index (χ2v) is 2.47. The van der Waals surface area contributed by atoms with Crippen LogP contribution in [0.1, 0.15) is 18.9 Å². The fraction of sp³-hybridized carbons (Fsp3) is 0.300. The summed E-state index contributed by atoms with van der Waals surface area (Å²) < 4.78 is 5.15. The van der Waals surface area contributed by atoms with Crippen molar-refractivity contribution < 1.29 is 4.74 Å². The van der Waals surface area contributed by atoms with Gasteiger partial charge >= 0.3 is 0 Å². The van der Waals surface area contributed by atoms with Gasteiger partial charge in [-0.25, -0.2) is 0 Å². The van der Waals surface area contributed by atoms with Crippen molar-refractivity contribution in [3.05, 3.63) is 35.9 Å². The first-order chi connectivity index (χ1) is 5.84. The predicted molar refractivity (Wildman–Crippen MR) is 48.3 cm³/mol. The molecule has 0 heterocycles. The molecule has 2 heteroatoms. The van der Waals surface area contributed by atoms with E-state index in [1.165, 1.54) is 0 Å². The quantitative estimate of drug-likeness (QED) is 0.536. The van der Waals surface area contributed by atoms with E-state index in [0.717, 1.165) is 12.0 Å². The number of nitrogens with one attached hydrogen (secondary N) is 1. The summed E-state index contributed by atoms with van der Waals surface area (Å²) in [5.41, 5.74) is 0.808. The zero-order valence-electron chi connectivity index (χ0n) is 7.13. The Morgan fingerprint density at radius 1 is 1.50 bits per heavy atom. The van der Waals surface area contributed by atoms with Crippen LogP contribution in [0.15, 0.2) is 24.3 Å². The summed E-state index contributed by atoms with van der Waals surface area (Å²) in [7, 11) is 0. The molecule has 0 spiro atoms. The summed E-state index contributed by atoms with van der Waals surface area (Å²) in [5.74, 6) is 0.242. The third-order valence-electron chi connectivity index (χ3n) is 1.43. The lowest BCUT2D eigenvalue weighted by Crippen LogP contribution is -2.05. The number of ether oxygens (including phenoxy) is 1. The fourth-order valence-corrected chi connectivity index (χ4v) is 0.826. The molecule has 0 aromatic heterocycles. The van der Waals surface area contributed by atoms with Crippen LogP contribution in [0.5, 0.6) is 0 Å². The molecule has 1 radical (unpaired) electrons. The molecule has 63 valence electrons. The van der Waals surface area contributed by atoms with Gasteiger partial charge in [0.2, 0.25) is 5.90 Å². The van der Waals surface area contributed by atoms with Crippen molar-refractivity contribution in [2.75, 3.05) is 6.61 Å². The Kier molecular flexibility index (Phi) is 3.33. The summed E-state index contributed by atoms with van der Waals surface area (Å²) >= 11 is 0. The predicted octanol–water partition coefficient (Wildman–Crippen LogP) is 2.24. The van der Waals surface area contributed by atoms with Crippen LogP contribution >= 0.6 is 0 Å². The summed E-state index contributed by atoms with van der Waals surface area (Å²) in [6, 6.07) is 10.1. The molecular formula is C10H12NO. The highest BCUT2D eigenvalue weighted by Crippen LogP contribution is 2.00. The molecule has 0 aliphatic heterocycles. The zero-order chi connectivity index (χ0) is 8.81. The summed E-state index contributed by atoms with van der Waals surface area (Å²) in [6.45, 7) is 2.63. The average molecular weight is 162 g/mol. The number of hydrogen-bond acceptors (Lipinski definition) is 2. The Morgan fingerprint density at radius 3 is 2.75 bits per heavy atom. The molecule has 0 aliphatic rings.